The molecule has 0 heterocycles. The summed E-state index contributed by atoms with van der Waals surface area (Å²) in [5, 5.41) is 12.4. The Balaban J connectivity index is 1.78. The highest BCUT2D eigenvalue weighted by Gasteiger charge is 2.17. The number of aromatic hydroxyl groups is 1. The number of hydrogen-bond acceptors (Lipinski definition) is 4. The number of rotatable bonds is 4. The molecule has 2 rings (SSSR count). The van der Waals surface area contributed by atoms with E-state index in [-0.39, 0.29) is 29.9 Å². The van der Waals surface area contributed by atoms with Crippen molar-refractivity contribution in [1.29, 1.82) is 0 Å². The molecule has 0 aliphatic heterocycles. The lowest BCUT2D eigenvalue weighted by Gasteiger charge is -2.22. The molecule has 1 aliphatic rings. The fraction of sp³-hybridized carbons (Fsp3) is 0.467. The lowest BCUT2D eigenvalue weighted by Crippen LogP contribution is -2.38. The number of para-hydroxylation sites is 1. The Labute approximate surface area is 117 Å². The summed E-state index contributed by atoms with van der Waals surface area (Å²) in [6.45, 7) is -0.316. The van der Waals surface area contributed by atoms with Crippen LogP contribution in [0.1, 0.15) is 42.5 Å². The van der Waals surface area contributed by atoms with Crippen LogP contribution in [0.5, 0.6) is 5.75 Å². The first-order valence-corrected chi connectivity index (χ1v) is 6.91. The van der Waals surface area contributed by atoms with Crippen LogP contribution in [0.2, 0.25) is 0 Å². The summed E-state index contributed by atoms with van der Waals surface area (Å²) in [6, 6.07) is 6.29. The zero-order chi connectivity index (χ0) is 14.4. The summed E-state index contributed by atoms with van der Waals surface area (Å²) in [6.07, 6.45) is 5.44. The van der Waals surface area contributed by atoms with E-state index < -0.39 is 5.97 Å². The first-order valence-electron chi connectivity index (χ1n) is 6.91. The Morgan fingerprint density at radius 2 is 1.90 bits per heavy atom. The molecule has 1 aliphatic carbocycles. The number of nitrogens with one attached hydrogen (secondary N) is 1. The van der Waals surface area contributed by atoms with Crippen LogP contribution in [-0.2, 0) is 9.53 Å². The molecule has 20 heavy (non-hydrogen) atoms. The average molecular weight is 277 g/mol. The number of esters is 1. The molecule has 0 unspecified atom stereocenters. The van der Waals surface area contributed by atoms with E-state index in [0.717, 1.165) is 25.7 Å². The molecule has 0 saturated heterocycles. The van der Waals surface area contributed by atoms with E-state index in [1.54, 1.807) is 12.1 Å². The van der Waals surface area contributed by atoms with E-state index in [0.29, 0.717) is 0 Å². The summed E-state index contributed by atoms with van der Waals surface area (Å²) >= 11 is 0. The first kappa shape index (κ1) is 14.4. The maximum atomic E-state index is 11.7. The van der Waals surface area contributed by atoms with E-state index in [2.05, 4.69) is 5.32 Å². The second-order valence-corrected chi connectivity index (χ2v) is 5.00. The predicted octanol–water partition coefficient (Wildman–Crippen LogP) is 2.00. The van der Waals surface area contributed by atoms with Gasteiger partial charge in [0.15, 0.2) is 6.61 Å². The molecule has 5 nitrogen and oxygen atoms in total. The molecule has 0 bridgehead atoms. The van der Waals surface area contributed by atoms with Crippen LogP contribution in [0.3, 0.4) is 0 Å². The lowest BCUT2D eigenvalue weighted by molar-refractivity contribution is -0.125. The van der Waals surface area contributed by atoms with Crippen molar-refractivity contribution in [3.05, 3.63) is 29.8 Å². The van der Waals surface area contributed by atoms with Gasteiger partial charge >= 0.3 is 5.97 Å². The van der Waals surface area contributed by atoms with Gasteiger partial charge in [-0.3, -0.25) is 4.79 Å². The number of carbonyl (C=O) groups excluding carboxylic acids is 2. The molecule has 108 valence electrons. The van der Waals surface area contributed by atoms with E-state index >= 15 is 0 Å². The smallest absolute Gasteiger partial charge is 0.342 e. The van der Waals surface area contributed by atoms with E-state index in [9.17, 15) is 14.7 Å². The van der Waals surface area contributed by atoms with Gasteiger partial charge in [0.05, 0.1) is 0 Å². The van der Waals surface area contributed by atoms with Crippen LogP contribution in [0.4, 0.5) is 0 Å². The third-order valence-corrected chi connectivity index (χ3v) is 3.43. The number of ether oxygens (including phenoxy) is 1. The van der Waals surface area contributed by atoms with Crippen molar-refractivity contribution >= 4 is 11.9 Å². The highest BCUT2D eigenvalue weighted by Crippen LogP contribution is 2.18. The highest BCUT2D eigenvalue weighted by molar-refractivity contribution is 5.93. The van der Waals surface area contributed by atoms with Crippen molar-refractivity contribution in [3.63, 3.8) is 0 Å². The van der Waals surface area contributed by atoms with Gasteiger partial charge in [0, 0.05) is 6.04 Å². The van der Waals surface area contributed by atoms with E-state index in [1.165, 1.54) is 18.6 Å². The van der Waals surface area contributed by atoms with Gasteiger partial charge in [-0.25, -0.2) is 4.79 Å². The topological polar surface area (TPSA) is 75.6 Å². The van der Waals surface area contributed by atoms with Gasteiger partial charge in [0.1, 0.15) is 11.3 Å². The predicted molar refractivity (Wildman–Crippen MR) is 73.4 cm³/mol. The van der Waals surface area contributed by atoms with Crippen LogP contribution in [0.15, 0.2) is 24.3 Å². The van der Waals surface area contributed by atoms with Gasteiger partial charge < -0.3 is 15.2 Å². The molecule has 0 aromatic heterocycles. The number of benzene rings is 1. The van der Waals surface area contributed by atoms with E-state index in [4.69, 9.17) is 4.74 Å². The Morgan fingerprint density at radius 3 is 2.60 bits per heavy atom. The highest BCUT2D eigenvalue weighted by atomic mass is 16.5. The molecule has 5 heteroatoms. The summed E-state index contributed by atoms with van der Waals surface area (Å²) in [5.41, 5.74) is 0.0676. The maximum absolute atomic E-state index is 11.7. The molecular weight excluding hydrogens is 258 g/mol. The minimum absolute atomic E-state index is 0.0676. The lowest BCUT2D eigenvalue weighted by atomic mass is 9.95. The van der Waals surface area contributed by atoms with Crippen LogP contribution in [0.25, 0.3) is 0 Å². The Bertz CT molecular complexity index is 481. The number of hydrogen-bond donors (Lipinski definition) is 2. The van der Waals surface area contributed by atoms with Gasteiger partial charge in [0.2, 0.25) is 0 Å². The fourth-order valence-corrected chi connectivity index (χ4v) is 2.37. The zero-order valence-electron chi connectivity index (χ0n) is 11.3. The molecule has 1 amide bonds. The maximum Gasteiger partial charge on any atom is 0.342 e. The number of carbonyl (C=O) groups is 2. The standard InChI is InChI=1S/C15H19NO4/c17-13-9-5-4-8-12(13)15(19)20-10-14(18)16-11-6-2-1-3-7-11/h4-5,8-9,11,17H,1-3,6-7,10H2,(H,16,18). The second kappa shape index (κ2) is 6.93. The monoisotopic (exact) mass is 277 g/mol. The van der Waals surface area contributed by atoms with Crippen molar-refractivity contribution < 1.29 is 19.4 Å². The minimum Gasteiger partial charge on any atom is -0.507 e. The van der Waals surface area contributed by atoms with Gasteiger partial charge in [-0.05, 0) is 25.0 Å². The van der Waals surface area contributed by atoms with Crippen LogP contribution in [-0.4, -0.2) is 29.6 Å². The van der Waals surface area contributed by atoms with Crippen LogP contribution >= 0.6 is 0 Å². The normalized spacial score (nSPS) is 15.6. The van der Waals surface area contributed by atoms with Crippen molar-refractivity contribution in [2.45, 2.75) is 38.1 Å². The second-order valence-electron chi connectivity index (χ2n) is 5.00. The summed E-state index contributed by atoms with van der Waals surface area (Å²) in [5.74, 6) is -1.13. The molecule has 0 radical (unpaired) electrons. The van der Waals surface area contributed by atoms with Gasteiger partial charge in [-0.2, -0.15) is 0 Å². The fourth-order valence-electron chi connectivity index (χ4n) is 2.37. The minimum atomic E-state index is -0.693. The quantitative estimate of drug-likeness (QED) is 0.825. The van der Waals surface area contributed by atoms with Gasteiger partial charge in [-0.15, -0.1) is 0 Å². The Hall–Kier alpha value is -2.04. The summed E-state index contributed by atoms with van der Waals surface area (Å²) in [4.78, 5) is 23.4. The third-order valence-electron chi connectivity index (χ3n) is 3.43. The molecule has 0 atom stereocenters. The van der Waals surface area contributed by atoms with Crippen LogP contribution in [0, 0.1) is 0 Å². The molecule has 1 aromatic carbocycles. The van der Waals surface area contributed by atoms with Gasteiger partial charge in [0.25, 0.3) is 5.91 Å². The van der Waals surface area contributed by atoms with Crippen molar-refractivity contribution in [1.82, 2.24) is 5.32 Å². The molecule has 2 N–H and O–H groups in total. The van der Waals surface area contributed by atoms with Gasteiger partial charge in [-0.1, -0.05) is 31.4 Å². The summed E-state index contributed by atoms with van der Waals surface area (Å²) in [7, 11) is 0. The molecule has 0 spiro atoms. The van der Waals surface area contributed by atoms with Crippen LogP contribution < -0.4 is 5.32 Å². The number of amides is 1. The number of phenols is 1. The Kier molecular flexibility index (Phi) is 4.98. The zero-order valence-corrected chi connectivity index (χ0v) is 11.3. The van der Waals surface area contributed by atoms with Crippen molar-refractivity contribution in [3.8, 4) is 5.75 Å². The third kappa shape index (κ3) is 3.98. The van der Waals surface area contributed by atoms with Crippen molar-refractivity contribution in [2.75, 3.05) is 6.61 Å². The molecule has 1 saturated carbocycles. The average Bonchev–Trinajstić information content (AvgIpc) is 2.46. The number of phenolic OH excluding ortho intramolecular Hbond substituents is 1. The molecule has 1 aromatic rings. The largest absolute Gasteiger partial charge is 0.507 e. The first-order chi connectivity index (χ1) is 9.66. The van der Waals surface area contributed by atoms with Crippen molar-refractivity contribution in [2.24, 2.45) is 0 Å². The molecular formula is C15H19NO4. The summed E-state index contributed by atoms with van der Waals surface area (Å²) < 4.78 is 4.90. The van der Waals surface area contributed by atoms with E-state index in [1.807, 2.05) is 0 Å². The Morgan fingerprint density at radius 1 is 1.20 bits per heavy atom. The molecule has 1 fully saturated rings. The SMILES string of the molecule is O=C(COC(=O)c1ccccc1O)NC1CCCCC1.